The van der Waals surface area contributed by atoms with Gasteiger partial charge in [-0.25, -0.2) is 24.9 Å². The van der Waals surface area contributed by atoms with Gasteiger partial charge in [-0.1, -0.05) is 6.07 Å². The summed E-state index contributed by atoms with van der Waals surface area (Å²) in [6.07, 6.45) is -0.521. The topological polar surface area (TPSA) is 120 Å². The van der Waals surface area contributed by atoms with Crippen LogP contribution in [0.4, 0.5) is 30.1 Å². The first-order valence-electron chi connectivity index (χ1n) is 12.9. The van der Waals surface area contributed by atoms with Gasteiger partial charge in [-0.3, -0.25) is 4.79 Å². The van der Waals surface area contributed by atoms with E-state index in [1.807, 2.05) is 39.1 Å². The fourth-order valence-corrected chi connectivity index (χ4v) is 5.88. The number of pyridine rings is 1. The molecular weight excluding hydrogens is 589 g/mol. The van der Waals surface area contributed by atoms with Gasteiger partial charge in [0.2, 0.25) is 12.4 Å². The summed E-state index contributed by atoms with van der Waals surface area (Å²) in [5, 5.41) is 17.3. The molecule has 0 aliphatic carbocycles. The van der Waals surface area contributed by atoms with E-state index in [1.165, 1.54) is 4.90 Å². The molecule has 15 heteroatoms. The lowest BCUT2D eigenvalue weighted by Gasteiger charge is -2.44. The van der Waals surface area contributed by atoms with E-state index in [9.17, 15) is 23.1 Å². The summed E-state index contributed by atoms with van der Waals surface area (Å²) in [6.45, 7) is 10.2. The van der Waals surface area contributed by atoms with Crippen molar-refractivity contribution in [3.8, 4) is 10.6 Å². The number of hydrogen-bond donors (Lipinski definition) is 2. The number of nitrogens with zero attached hydrogens (tertiary/aromatic N) is 7. The average molecular weight is 621 g/mol. The molecular formula is C27H31F3N8O2S2. The molecule has 1 atom stereocenters. The number of carbonyl (C=O) groups excluding carboxylic acids is 1. The summed E-state index contributed by atoms with van der Waals surface area (Å²) in [5.41, 5.74) is 1.10. The van der Waals surface area contributed by atoms with Crippen LogP contribution in [0.15, 0.2) is 36.1 Å². The number of amides is 1. The second-order valence-corrected chi connectivity index (χ2v) is 12.3. The molecule has 1 aliphatic heterocycles. The van der Waals surface area contributed by atoms with Gasteiger partial charge < -0.3 is 20.2 Å². The maximum absolute atomic E-state index is 12.5. The smallest absolute Gasteiger partial charge is 0.388 e. The van der Waals surface area contributed by atoms with E-state index in [2.05, 4.69) is 35.6 Å². The summed E-state index contributed by atoms with van der Waals surface area (Å²) < 4.78 is 37.5. The molecule has 1 unspecified atom stereocenters. The van der Waals surface area contributed by atoms with Gasteiger partial charge in [0.25, 0.3) is 0 Å². The van der Waals surface area contributed by atoms with Crippen LogP contribution in [0.2, 0.25) is 0 Å². The molecule has 0 radical (unpaired) electrons. The number of nitrogens with one attached hydrogen (secondary N) is 1. The number of anilines is 3. The van der Waals surface area contributed by atoms with Crippen molar-refractivity contribution < 1.29 is 23.1 Å². The maximum atomic E-state index is 12.5. The van der Waals surface area contributed by atoms with Crippen molar-refractivity contribution in [1.29, 1.82) is 0 Å². The van der Waals surface area contributed by atoms with Gasteiger partial charge >= 0.3 is 6.18 Å². The highest BCUT2D eigenvalue weighted by Crippen LogP contribution is 2.33. The predicted octanol–water partition coefficient (Wildman–Crippen LogP) is 5.24. The lowest BCUT2D eigenvalue weighted by atomic mass is 9.95. The van der Waals surface area contributed by atoms with Gasteiger partial charge in [-0.2, -0.15) is 13.2 Å². The lowest BCUT2D eigenvalue weighted by molar-refractivity contribution is -0.138. The summed E-state index contributed by atoms with van der Waals surface area (Å²) in [7, 11) is 0. The van der Waals surface area contributed by atoms with Crippen LogP contribution in [0.3, 0.4) is 0 Å². The quantitative estimate of drug-likeness (QED) is 0.279. The van der Waals surface area contributed by atoms with E-state index in [0.717, 1.165) is 50.2 Å². The first-order chi connectivity index (χ1) is 19.7. The number of hydrogen-bond acceptors (Lipinski definition) is 11. The van der Waals surface area contributed by atoms with Gasteiger partial charge in [0.15, 0.2) is 5.13 Å². The molecule has 5 rings (SSSR count). The van der Waals surface area contributed by atoms with E-state index in [1.54, 1.807) is 41.4 Å². The summed E-state index contributed by atoms with van der Waals surface area (Å²) >= 11 is 3.26. The van der Waals surface area contributed by atoms with E-state index in [4.69, 9.17) is 0 Å². The fraction of sp³-hybridized carbons (Fsp3) is 0.407. The fourth-order valence-electron chi connectivity index (χ4n) is 4.22. The number of thiazole rings is 2. The number of aryl methyl sites for hydroxylation is 3. The molecule has 1 amide bonds. The number of halogens is 3. The van der Waals surface area contributed by atoms with Gasteiger partial charge in [0.05, 0.1) is 38.5 Å². The SMILES string of the molecule is CC(C)(O)C1CN(c2ncc(C(F)(F)F)cn2)CCN1C=O.Cc1ccc(Nc2nc(-c3sc(C)nc3C)cs2)nc1. The van der Waals surface area contributed by atoms with E-state index in [-0.39, 0.29) is 12.5 Å². The Morgan fingerprint density at radius 1 is 1.05 bits per heavy atom. The van der Waals surface area contributed by atoms with Crippen LogP contribution in [0.25, 0.3) is 10.6 Å². The molecule has 1 saturated heterocycles. The largest absolute Gasteiger partial charge is 0.419 e. The van der Waals surface area contributed by atoms with Crippen LogP contribution in [0.1, 0.15) is 35.7 Å². The Bertz CT molecular complexity index is 1490. The number of rotatable bonds is 6. The van der Waals surface area contributed by atoms with Crippen molar-refractivity contribution in [1.82, 2.24) is 29.8 Å². The van der Waals surface area contributed by atoms with Crippen molar-refractivity contribution in [3.05, 3.63) is 57.9 Å². The van der Waals surface area contributed by atoms with Crippen LogP contribution >= 0.6 is 22.7 Å². The Morgan fingerprint density at radius 2 is 1.76 bits per heavy atom. The highest BCUT2D eigenvalue weighted by Gasteiger charge is 2.37. The third kappa shape index (κ3) is 7.77. The molecule has 1 aliphatic rings. The standard InChI is InChI=1S/C14H14N4S2.C13H17F3N4O2/c1-8-4-5-12(15-6-8)18-14-17-11(7-19-14)13-9(2)16-10(3)20-13;1-12(2,22)10-7-19(3-4-20(10)8-21)11-17-5-9(6-18-11)13(14,15)16/h4-7H,1-3H3,(H,15,17,18);5-6,8,10,22H,3-4,7H2,1-2H3. The normalized spacial score (nSPS) is 15.7. The molecule has 0 bridgehead atoms. The van der Waals surface area contributed by atoms with Gasteiger partial charge in [0.1, 0.15) is 5.82 Å². The minimum atomic E-state index is -4.48. The van der Waals surface area contributed by atoms with Crippen LogP contribution in [-0.2, 0) is 11.0 Å². The number of carbonyl (C=O) groups is 1. The third-order valence-electron chi connectivity index (χ3n) is 6.41. The number of aliphatic hydroxyl groups is 1. The lowest BCUT2D eigenvalue weighted by Crippen LogP contribution is -2.61. The van der Waals surface area contributed by atoms with Crippen LogP contribution in [-0.4, -0.2) is 72.6 Å². The first-order valence-corrected chi connectivity index (χ1v) is 14.6. The molecule has 4 aromatic rings. The Hall–Kier alpha value is -3.69. The molecule has 2 N–H and O–H groups in total. The third-order valence-corrected chi connectivity index (χ3v) is 8.26. The van der Waals surface area contributed by atoms with Gasteiger partial charge in [0, 0.05) is 43.6 Å². The average Bonchev–Trinajstić information content (AvgIpc) is 3.54. The first kappa shape index (κ1) is 31.3. The van der Waals surface area contributed by atoms with Crippen LogP contribution in [0, 0.1) is 20.8 Å². The van der Waals surface area contributed by atoms with Gasteiger partial charge in [-0.05, 0) is 46.2 Å². The highest BCUT2D eigenvalue weighted by molar-refractivity contribution is 7.16. The van der Waals surface area contributed by atoms with E-state index < -0.39 is 23.4 Å². The second kappa shape index (κ2) is 12.7. The minimum absolute atomic E-state index is 0.146. The van der Waals surface area contributed by atoms with Crippen molar-refractivity contribution in [3.63, 3.8) is 0 Å². The van der Waals surface area contributed by atoms with E-state index >= 15 is 0 Å². The minimum Gasteiger partial charge on any atom is -0.388 e. The predicted molar refractivity (Wildman–Crippen MR) is 157 cm³/mol. The van der Waals surface area contributed by atoms with Crippen molar-refractivity contribution in [2.75, 3.05) is 29.9 Å². The van der Waals surface area contributed by atoms with Crippen molar-refractivity contribution in [2.24, 2.45) is 0 Å². The molecule has 10 nitrogen and oxygen atoms in total. The van der Waals surface area contributed by atoms with Crippen LogP contribution in [0.5, 0.6) is 0 Å². The Morgan fingerprint density at radius 3 is 2.31 bits per heavy atom. The zero-order valence-electron chi connectivity index (χ0n) is 23.7. The second-order valence-electron chi connectivity index (χ2n) is 10.3. The molecule has 1 fully saturated rings. The summed E-state index contributed by atoms with van der Waals surface area (Å²) in [4.78, 5) is 36.2. The zero-order chi connectivity index (χ0) is 30.7. The Labute approximate surface area is 249 Å². The van der Waals surface area contributed by atoms with E-state index in [0.29, 0.717) is 19.5 Å². The Balaban J connectivity index is 0.000000193. The molecule has 5 heterocycles. The molecule has 0 spiro atoms. The molecule has 224 valence electrons. The van der Waals surface area contributed by atoms with Crippen LogP contribution < -0.4 is 10.2 Å². The summed E-state index contributed by atoms with van der Waals surface area (Å²) in [6, 6.07) is 3.49. The monoisotopic (exact) mass is 620 g/mol. The number of piperazine rings is 1. The molecule has 0 aromatic carbocycles. The van der Waals surface area contributed by atoms with Crippen molar-refractivity contribution >= 4 is 46.0 Å². The van der Waals surface area contributed by atoms with Gasteiger partial charge in [-0.15, -0.1) is 22.7 Å². The zero-order valence-corrected chi connectivity index (χ0v) is 25.3. The molecule has 0 saturated carbocycles. The number of aromatic nitrogens is 5. The number of alkyl halides is 3. The summed E-state index contributed by atoms with van der Waals surface area (Å²) in [5.74, 6) is 0.960. The van der Waals surface area contributed by atoms with Crippen molar-refractivity contribution in [2.45, 2.75) is 52.4 Å². The highest BCUT2D eigenvalue weighted by atomic mass is 32.1. The maximum Gasteiger partial charge on any atom is 0.419 e. The Kier molecular flexibility index (Phi) is 9.43. The molecule has 4 aromatic heterocycles. The molecule has 42 heavy (non-hydrogen) atoms.